The molecule has 2 rings (SSSR count). The Balaban J connectivity index is 1.82. The van der Waals surface area contributed by atoms with Crippen molar-refractivity contribution in [3.63, 3.8) is 0 Å². The molecular formula is C11H19N3. The number of hydrogen-bond acceptors (Lipinski definition) is 2. The minimum Gasteiger partial charge on any atom is -0.310 e. The van der Waals surface area contributed by atoms with E-state index in [4.69, 9.17) is 0 Å². The van der Waals surface area contributed by atoms with Gasteiger partial charge < -0.3 is 5.32 Å². The first-order valence-corrected chi connectivity index (χ1v) is 5.49. The minimum absolute atomic E-state index is 0.543. The van der Waals surface area contributed by atoms with Crippen molar-refractivity contribution in [2.75, 3.05) is 0 Å². The van der Waals surface area contributed by atoms with Gasteiger partial charge in [-0.25, -0.2) is 0 Å². The van der Waals surface area contributed by atoms with Crippen LogP contribution >= 0.6 is 0 Å². The van der Waals surface area contributed by atoms with Gasteiger partial charge in [-0.1, -0.05) is 13.8 Å². The first-order valence-electron chi connectivity index (χ1n) is 5.49. The molecule has 1 aromatic heterocycles. The van der Waals surface area contributed by atoms with E-state index in [1.807, 2.05) is 6.20 Å². The lowest BCUT2D eigenvalue weighted by Crippen LogP contribution is -2.21. The molecule has 0 radical (unpaired) electrons. The van der Waals surface area contributed by atoms with Crippen LogP contribution in [0, 0.1) is 5.92 Å². The third-order valence-corrected chi connectivity index (χ3v) is 2.54. The molecule has 0 aromatic carbocycles. The van der Waals surface area contributed by atoms with Crippen molar-refractivity contribution in [2.45, 2.75) is 45.8 Å². The van der Waals surface area contributed by atoms with Crippen molar-refractivity contribution in [3.8, 4) is 0 Å². The van der Waals surface area contributed by atoms with Crippen molar-refractivity contribution in [1.82, 2.24) is 15.1 Å². The summed E-state index contributed by atoms with van der Waals surface area (Å²) in [6.07, 6.45) is 6.91. The molecule has 0 aliphatic heterocycles. The van der Waals surface area contributed by atoms with Crippen LogP contribution in [0.5, 0.6) is 0 Å². The second-order valence-electron chi connectivity index (χ2n) is 4.55. The third kappa shape index (κ3) is 2.84. The lowest BCUT2D eigenvalue weighted by atomic mass is 10.3. The predicted molar refractivity (Wildman–Crippen MR) is 56.9 cm³/mol. The summed E-state index contributed by atoms with van der Waals surface area (Å²) in [7, 11) is 0. The average molecular weight is 193 g/mol. The Morgan fingerprint density at radius 2 is 2.36 bits per heavy atom. The Morgan fingerprint density at radius 1 is 1.57 bits per heavy atom. The van der Waals surface area contributed by atoms with Gasteiger partial charge in [0, 0.05) is 30.9 Å². The van der Waals surface area contributed by atoms with Gasteiger partial charge in [-0.2, -0.15) is 5.10 Å². The van der Waals surface area contributed by atoms with Gasteiger partial charge in [0.15, 0.2) is 0 Å². The number of hydrogen-bond donors (Lipinski definition) is 1. The summed E-state index contributed by atoms with van der Waals surface area (Å²) in [6.45, 7) is 6.37. The molecule has 0 bridgehead atoms. The second kappa shape index (κ2) is 4.13. The van der Waals surface area contributed by atoms with Crippen molar-refractivity contribution in [1.29, 1.82) is 0 Å². The zero-order chi connectivity index (χ0) is 9.97. The number of nitrogens with one attached hydrogen (secondary N) is 1. The molecule has 0 saturated heterocycles. The SMILES string of the molecule is CC(C)NCc1cnn(CC2CC2)c1. The molecule has 1 aromatic rings. The first-order chi connectivity index (χ1) is 6.74. The highest BCUT2D eigenvalue weighted by Gasteiger charge is 2.21. The summed E-state index contributed by atoms with van der Waals surface area (Å²) in [4.78, 5) is 0. The summed E-state index contributed by atoms with van der Waals surface area (Å²) < 4.78 is 2.08. The number of nitrogens with zero attached hydrogens (tertiary/aromatic N) is 2. The number of aromatic nitrogens is 2. The van der Waals surface area contributed by atoms with Gasteiger partial charge in [0.25, 0.3) is 0 Å². The molecule has 1 aliphatic rings. The molecule has 3 heteroatoms. The van der Waals surface area contributed by atoms with E-state index in [-0.39, 0.29) is 0 Å². The molecule has 0 atom stereocenters. The van der Waals surface area contributed by atoms with Crippen LogP contribution in [0.25, 0.3) is 0 Å². The Hall–Kier alpha value is -0.830. The Labute approximate surface area is 85.5 Å². The number of rotatable bonds is 5. The molecule has 14 heavy (non-hydrogen) atoms. The van der Waals surface area contributed by atoms with Crippen molar-refractivity contribution < 1.29 is 0 Å². The van der Waals surface area contributed by atoms with E-state index in [1.165, 1.54) is 18.4 Å². The fourth-order valence-electron chi connectivity index (χ4n) is 1.48. The molecule has 1 N–H and O–H groups in total. The van der Waals surface area contributed by atoms with E-state index in [0.29, 0.717) is 6.04 Å². The van der Waals surface area contributed by atoms with Gasteiger partial charge in [-0.3, -0.25) is 4.68 Å². The van der Waals surface area contributed by atoms with Crippen LogP contribution in [0.2, 0.25) is 0 Å². The zero-order valence-corrected chi connectivity index (χ0v) is 9.03. The van der Waals surface area contributed by atoms with E-state index in [0.717, 1.165) is 19.0 Å². The topological polar surface area (TPSA) is 29.9 Å². The lowest BCUT2D eigenvalue weighted by molar-refractivity contribution is 0.560. The normalized spacial score (nSPS) is 16.5. The van der Waals surface area contributed by atoms with Crippen LogP contribution in [-0.2, 0) is 13.1 Å². The van der Waals surface area contributed by atoms with Crippen molar-refractivity contribution in [2.24, 2.45) is 5.92 Å². The van der Waals surface area contributed by atoms with Crippen LogP contribution in [0.1, 0.15) is 32.3 Å². The summed E-state index contributed by atoms with van der Waals surface area (Å²) in [5.41, 5.74) is 1.29. The highest BCUT2D eigenvalue weighted by molar-refractivity contribution is 5.03. The maximum atomic E-state index is 4.35. The van der Waals surface area contributed by atoms with Gasteiger partial charge in [-0.15, -0.1) is 0 Å². The maximum Gasteiger partial charge on any atom is 0.0534 e. The Kier molecular flexibility index (Phi) is 2.87. The van der Waals surface area contributed by atoms with Crippen LogP contribution in [0.3, 0.4) is 0 Å². The van der Waals surface area contributed by atoms with E-state index in [2.05, 4.69) is 35.1 Å². The molecule has 0 amide bonds. The highest BCUT2D eigenvalue weighted by Crippen LogP contribution is 2.30. The predicted octanol–water partition coefficient (Wildman–Crippen LogP) is 1.79. The van der Waals surface area contributed by atoms with Gasteiger partial charge in [0.2, 0.25) is 0 Å². The molecule has 0 unspecified atom stereocenters. The van der Waals surface area contributed by atoms with Gasteiger partial charge in [0.05, 0.1) is 6.20 Å². The average Bonchev–Trinajstić information content (AvgIpc) is 2.81. The van der Waals surface area contributed by atoms with Crippen molar-refractivity contribution in [3.05, 3.63) is 18.0 Å². The zero-order valence-electron chi connectivity index (χ0n) is 9.03. The molecule has 3 nitrogen and oxygen atoms in total. The lowest BCUT2D eigenvalue weighted by Gasteiger charge is -2.05. The third-order valence-electron chi connectivity index (χ3n) is 2.54. The smallest absolute Gasteiger partial charge is 0.0534 e. The summed E-state index contributed by atoms with van der Waals surface area (Å²) >= 11 is 0. The van der Waals surface area contributed by atoms with Crippen molar-refractivity contribution >= 4 is 0 Å². The molecule has 78 valence electrons. The highest BCUT2D eigenvalue weighted by atomic mass is 15.3. The quantitative estimate of drug-likeness (QED) is 0.772. The fourth-order valence-corrected chi connectivity index (χ4v) is 1.48. The molecule has 0 spiro atoms. The second-order valence-corrected chi connectivity index (χ2v) is 4.55. The molecule has 1 heterocycles. The van der Waals surface area contributed by atoms with E-state index < -0.39 is 0 Å². The standard InChI is InChI=1S/C11H19N3/c1-9(2)12-5-11-6-13-14(8-11)7-10-3-4-10/h6,8-10,12H,3-5,7H2,1-2H3. The summed E-state index contributed by atoms with van der Waals surface area (Å²) in [5.74, 6) is 0.904. The van der Waals surface area contributed by atoms with Crippen LogP contribution in [-0.4, -0.2) is 15.8 Å². The monoisotopic (exact) mass is 193 g/mol. The van der Waals surface area contributed by atoms with E-state index in [9.17, 15) is 0 Å². The van der Waals surface area contributed by atoms with Crippen LogP contribution < -0.4 is 5.32 Å². The summed E-state index contributed by atoms with van der Waals surface area (Å²) in [5, 5.41) is 7.74. The van der Waals surface area contributed by atoms with Gasteiger partial charge in [-0.05, 0) is 18.8 Å². The van der Waals surface area contributed by atoms with Crippen LogP contribution in [0.15, 0.2) is 12.4 Å². The first kappa shape index (κ1) is 9.71. The summed E-state index contributed by atoms with van der Waals surface area (Å²) in [6, 6.07) is 0.543. The maximum absolute atomic E-state index is 4.35. The minimum atomic E-state index is 0.543. The molecule has 1 saturated carbocycles. The van der Waals surface area contributed by atoms with E-state index in [1.54, 1.807) is 0 Å². The van der Waals surface area contributed by atoms with Gasteiger partial charge >= 0.3 is 0 Å². The Morgan fingerprint density at radius 3 is 3.00 bits per heavy atom. The molecule has 1 aliphatic carbocycles. The molecular weight excluding hydrogens is 174 g/mol. The molecule has 1 fully saturated rings. The van der Waals surface area contributed by atoms with E-state index >= 15 is 0 Å². The van der Waals surface area contributed by atoms with Crippen LogP contribution in [0.4, 0.5) is 0 Å². The largest absolute Gasteiger partial charge is 0.310 e. The Bertz CT molecular complexity index is 286. The fraction of sp³-hybridized carbons (Fsp3) is 0.727. The van der Waals surface area contributed by atoms with Gasteiger partial charge in [0.1, 0.15) is 0 Å².